The van der Waals surface area contributed by atoms with Crippen molar-refractivity contribution in [2.24, 2.45) is 10.7 Å². The third-order valence-corrected chi connectivity index (χ3v) is 7.22. The van der Waals surface area contributed by atoms with Gasteiger partial charge >= 0.3 is 0 Å². The molecule has 0 unspecified atom stereocenters. The van der Waals surface area contributed by atoms with Crippen LogP contribution in [0.2, 0.25) is 0 Å². The van der Waals surface area contributed by atoms with Crippen molar-refractivity contribution in [3.8, 4) is 34.3 Å². The molecular weight excluding hydrogens is 440 g/mol. The minimum absolute atomic E-state index is 0.220. The van der Waals surface area contributed by atoms with Gasteiger partial charge in [0.1, 0.15) is 11.5 Å². The quantitative estimate of drug-likeness (QED) is 0.340. The summed E-state index contributed by atoms with van der Waals surface area (Å²) in [7, 11) is -1.71. The second kappa shape index (κ2) is 8.91. The van der Waals surface area contributed by atoms with Crippen LogP contribution in [0.25, 0.3) is 34.3 Å². The van der Waals surface area contributed by atoms with Gasteiger partial charge in [0.15, 0.2) is 9.84 Å². The molecule has 2 heterocycles. The van der Waals surface area contributed by atoms with E-state index in [1.165, 1.54) is 6.20 Å². The standard InChI is InChI=1S/C23H22N6O3S/c1-14(2)33(30,31)18-10-8-15(9-11-18)19-12-26-13-20(27-19)23-29-28-22(32-23)17-6-4-16(5-7-17)21(24)25-3/h4-14H,1-3H3,(H2,24,25). The zero-order valence-corrected chi connectivity index (χ0v) is 19.1. The maximum absolute atomic E-state index is 12.3. The lowest BCUT2D eigenvalue weighted by atomic mass is 10.1. The second-order valence-corrected chi connectivity index (χ2v) is 10.0. The highest BCUT2D eigenvalue weighted by Gasteiger charge is 2.19. The van der Waals surface area contributed by atoms with Crippen molar-refractivity contribution < 1.29 is 12.8 Å². The summed E-state index contributed by atoms with van der Waals surface area (Å²) in [6, 6.07) is 13.8. The Labute approximate surface area is 191 Å². The van der Waals surface area contributed by atoms with Gasteiger partial charge in [0, 0.05) is 23.7 Å². The van der Waals surface area contributed by atoms with E-state index < -0.39 is 15.1 Å². The minimum atomic E-state index is -3.34. The summed E-state index contributed by atoms with van der Waals surface area (Å²) in [5.74, 6) is 0.991. The molecule has 4 rings (SSSR count). The molecule has 10 heteroatoms. The normalized spacial score (nSPS) is 12.3. The van der Waals surface area contributed by atoms with Gasteiger partial charge < -0.3 is 10.2 Å². The van der Waals surface area contributed by atoms with Gasteiger partial charge in [-0.25, -0.2) is 13.4 Å². The molecule has 9 nitrogen and oxygen atoms in total. The summed E-state index contributed by atoms with van der Waals surface area (Å²) < 4.78 is 30.5. The summed E-state index contributed by atoms with van der Waals surface area (Å²) in [5, 5.41) is 7.70. The van der Waals surface area contributed by atoms with Crippen LogP contribution in [-0.2, 0) is 9.84 Å². The highest BCUT2D eigenvalue weighted by atomic mass is 32.2. The van der Waals surface area contributed by atoms with Crippen LogP contribution in [0.5, 0.6) is 0 Å². The van der Waals surface area contributed by atoms with Gasteiger partial charge in [-0.2, -0.15) is 0 Å². The third kappa shape index (κ3) is 4.51. The van der Waals surface area contributed by atoms with Crippen molar-refractivity contribution in [1.82, 2.24) is 20.2 Å². The molecule has 2 N–H and O–H groups in total. The van der Waals surface area contributed by atoms with Crippen molar-refractivity contribution in [1.29, 1.82) is 0 Å². The Morgan fingerprint density at radius 1 is 0.909 bits per heavy atom. The van der Waals surface area contributed by atoms with Crippen LogP contribution in [0.1, 0.15) is 19.4 Å². The molecule has 0 amide bonds. The predicted octanol–water partition coefficient (Wildman–Crippen LogP) is 3.38. The zero-order valence-electron chi connectivity index (χ0n) is 18.3. The lowest BCUT2D eigenvalue weighted by Gasteiger charge is -2.08. The number of hydrogen-bond acceptors (Lipinski definition) is 8. The maximum Gasteiger partial charge on any atom is 0.268 e. The van der Waals surface area contributed by atoms with E-state index in [-0.39, 0.29) is 10.8 Å². The fourth-order valence-electron chi connectivity index (χ4n) is 3.05. The number of aromatic nitrogens is 4. The number of nitrogens with two attached hydrogens (primary N) is 1. The van der Waals surface area contributed by atoms with E-state index in [4.69, 9.17) is 10.2 Å². The molecule has 0 bridgehead atoms. The monoisotopic (exact) mass is 462 g/mol. The summed E-state index contributed by atoms with van der Waals surface area (Å²) in [6.07, 6.45) is 3.12. The largest absolute Gasteiger partial charge is 0.415 e. The van der Waals surface area contributed by atoms with Crippen LogP contribution in [-0.4, -0.2) is 46.7 Å². The first-order valence-electron chi connectivity index (χ1n) is 10.1. The molecule has 2 aromatic heterocycles. The first kappa shape index (κ1) is 22.3. The fourth-order valence-corrected chi connectivity index (χ4v) is 4.11. The van der Waals surface area contributed by atoms with E-state index in [2.05, 4.69) is 25.2 Å². The van der Waals surface area contributed by atoms with E-state index in [1.54, 1.807) is 51.4 Å². The zero-order chi connectivity index (χ0) is 23.6. The molecule has 0 spiro atoms. The number of amidine groups is 1. The van der Waals surface area contributed by atoms with Crippen LogP contribution >= 0.6 is 0 Å². The molecule has 0 fully saturated rings. The molecule has 0 aliphatic heterocycles. The first-order chi connectivity index (χ1) is 15.8. The molecule has 0 saturated carbocycles. The van der Waals surface area contributed by atoms with Gasteiger partial charge in [-0.05, 0) is 38.1 Å². The van der Waals surface area contributed by atoms with E-state index >= 15 is 0 Å². The predicted molar refractivity (Wildman–Crippen MR) is 125 cm³/mol. The topological polar surface area (TPSA) is 137 Å². The number of sulfone groups is 1. The lowest BCUT2D eigenvalue weighted by Crippen LogP contribution is -2.13. The summed E-state index contributed by atoms with van der Waals surface area (Å²) >= 11 is 0. The average molecular weight is 463 g/mol. The van der Waals surface area contributed by atoms with Gasteiger partial charge in [0.2, 0.25) is 5.89 Å². The summed E-state index contributed by atoms with van der Waals surface area (Å²) in [4.78, 5) is 13.0. The highest BCUT2D eigenvalue weighted by molar-refractivity contribution is 7.92. The molecule has 0 saturated heterocycles. The van der Waals surface area contributed by atoms with Crippen LogP contribution in [0.15, 0.2) is 75.2 Å². The molecule has 2 aromatic carbocycles. The van der Waals surface area contributed by atoms with Crippen molar-refractivity contribution in [2.45, 2.75) is 24.0 Å². The number of rotatable bonds is 6. The van der Waals surface area contributed by atoms with Crippen molar-refractivity contribution in [3.63, 3.8) is 0 Å². The van der Waals surface area contributed by atoms with Gasteiger partial charge in [-0.3, -0.25) is 9.98 Å². The van der Waals surface area contributed by atoms with Gasteiger partial charge in [-0.15, -0.1) is 10.2 Å². The molecule has 4 aromatic rings. The molecule has 0 aliphatic carbocycles. The summed E-state index contributed by atoms with van der Waals surface area (Å²) in [5.41, 5.74) is 9.03. The minimum Gasteiger partial charge on any atom is -0.415 e. The van der Waals surface area contributed by atoms with Gasteiger partial charge in [-0.1, -0.05) is 24.3 Å². The van der Waals surface area contributed by atoms with E-state index in [9.17, 15) is 8.42 Å². The smallest absolute Gasteiger partial charge is 0.268 e. The number of benzene rings is 2. The van der Waals surface area contributed by atoms with Crippen LogP contribution in [0.3, 0.4) is 0 Å². The van der Waals surface area contributed by atoms with Crippen molar-refractivity contribution in [2.75, 3.05) is 7.05 Å². The van der Waals surface area contributed by atoms with Crippen LogP contribution < -0.4 is 5.73 Å². The second-order valence-electron chi connectivity index (χ2n) is 7.51. The lowest BCUT2D eigenvalue weighted by molar-refractivity contribution is 0.581. The summed E-state index contributed by atoms with van der Waals surface area (Å²) in [6.45, 7) is 3.31. The Balaban J connectivity index is 1.60. The van der Waals surface area contributed by atoms with E-state index in [1.807, 2.05) is 24.3 Å². The Bertz CT molecular complexity index is 1410. The Morgan fingerprint density at radius 2 is 1.52 bits per heavy atom. The van der Waals surface area contributed by atoms with Crippen molar-refractivity contribution >= 4 is 15.7 Å². The SMILES string of the molecule is CN=C(N)c1ccc(-c2nnc(-c3cncc(-c4ccc(S(=O)(=O)C(C)C)cc4)n3)o2)cc1. The van der Waals surface area contributed by atoms with Crippen LogP contribution in [0, 0.1) is 0 Å². The maximum atomic E-state index is 12.3. The molecule has 0 atom stereocenters. The number of nitrogens with zero attached hydrogens (tertiary/aromatic N) is 5. The number of hydrogen-bond donors (Lipinski definition) is 1. The fraction of sp³-hybridized carbons (Fsp3) is 0.174. The Kier molecular flexibility index (Phi) is 6.01. The highest BCUT2D eigenvalue weighted by Crippen LogP contribution is 2.26. The molecule has 168 valence electrons. The van der Waals surface area contributed by atoms with Gasteiger partial charge in [0.05, 0.1) is 28.2 Å². The average Bonchev–Trinajstić information content (AvgIpc) is 3.34. The Morgan fingerprint density at radius 3 is 2.15 bits per heavy atom. The van der Waals surface area contributed by atoms with Crippen molar-refractivity contribution in [3.05, 3.63) is 66.5 Å². The van der Waals surface area contributed by atoms with Gasteiger partial charge in [0.25, 0.3) is 5.89 Å². The number of aliphatic imine (C=N–C) groups is 1. The molecule has 33 heavy (non-hydrogen) atoms. The van der Waals surface area contributed by atoms with Crippen LogP contribution in [0.4, 0.5) is 0 Å². The molecule has 0 radical (unpaired) electrons. The molecule has 0 aliphatic rings. The third-order valence-electron chi connectivity index (χ3n) is 5.05. The Hall–Kier alpha value is -3.92. The molecular formula is C23H22N6O3S. The first-order valence-corrected chi connectivity index (χ1v) is 11.7. The van der Waals surface area contributed by atoms with E-state index in [0.717, 1.165) is 16.7 Å². The van der Waals surface area contributed by atoms with E-state index in [0.29, 0.717) is 23.1 Å².